The molecule has 1 aromatic carbocycles. The fraction of sp³-hybridized carbons (Fsp3) is 0.500. The number of hydrogen-bond donors (Lipinski definition) is 3. The van der Waals surface area contributed by atoms with Crippen LogP contribution in [0.4, 0.5) is 0 Å². The molecule has 0 radical (unpaired) electrons. The number of benzene rings is 1. The average molecular weight is 264 g/mol. The van der Waals surface area contributed by atoms with E-state index in [1.165, 1.54) is 18.6 Å². The first-order valence-electron chi connectivity index (χ1n) is 6.66. The molecule has 0 unspecified atom stereocenters. The quantitative estimate of drug-likeness (QED) is 0.764. The van der Waals surface area contributed by atoms with Crippen LogP contribution in [0.3, 0.4) is 0 Å². The SMILES string of the molecule is O=C(CNCc1ccc(O)cc1O)N1CCCCC1. The second-order valence-corrected chi connectivity index (χ2v) is 4.86. The molecule has 1 aliphatic rings. The first kappa shape index (κ1) is 13.7. The molecule has 0 saturated carbocycles. The second kappa shape index (κ2) is 6.43. The van der Waals surface area contributed by atoms with Crippen molar-refractivity contribution in [2.45, 2.75) is 25.8 Å². The van der Waals surface area contributed by atoms with E-state index in [4.69, 9.17) is 0 Å². The van der Waals surface area contributed by atoms with Gasteiger partial charge >= 0.3 is 0 Å². The number of aromatic hydroxyl groups is 2. The van der Waals surface area contributed by atoms with Gasteiger partial charge in [-0.15, -0.1) is 0 Å². The molecule has 3 N–H and O–H groups in total. The highest BCUT2D eigenvalue weighted by molar-refractivity contribution is 5.78. The summed E-state index contributed by atoms with van der Waals surface area (Å²) in [7, 11) is 0. The summed E-state index contributed by atoms with van der Waals surface area (Å²) in [4.78, 5) is 13.8. The summed E-state index contributed by atoms with van der Waals surface area (Å²) in [6.07, 6.45) is 3.38. The van der Waals surface area contributed by atoms with Crippen LogP contribution < -0.4 is 5.32 Å². The van der Waals surface area contributed by atoms with Crippen LogP contribution in [0.1, 0.15) is 24.8 Å². The third kappa shape index (κ3) is 3.86. The number of carbonyl (C=O) groups excluding carboxylic acids is 1. The lowest BCUT2D eigenvalue weighted by molar-refractivity contribution is -0.131. The zero-order chi connectivity index (χ0) is 13.7. The largest absolute Gasteiger partial charge is 0.508 e. The topological polar surface area (TPSA) is 72.8 Å². The van der Waals surface area contributed by atoms with Gasteiger partial charge in [-0.1, -0.05) is 6.07 Å². The molecule has 1 heterocycles. The van der Waals surface area contributed by atoms with Crippen LogP contribution in [0, 0.1) is 0 Å². The summed E-state index contributed by atoms with van der Waals surface area (Å²) in [5.41, 5.74) is 0.671. The standard InChI is InChI=1S/C14H20N2O3/c17-12-5-4-11(13(18)8-12)9-15-10-14(19)16-6-2-1-3-7-16/h4-5,8,15,17-18H,1-3,6-7,9-10H2. The Kier molecular flexibility index (Phi) is 4.63. The molecular formula is C14H20N2O3. The summed E-state index contributed by atoms with van der Waals surface area (Å²) in [6, 6.07) is 4.45. The molecule has 0 aliphatic carbocycles. The van der Waals surface area contributed by atoms with Crippen molar-refractivity contribution < 1.29 is 15.0 Å². The Morgan fingerprint density at radius 2 is 1.95 bits per heavy atom. The predicted molar refractivity (Wildman–Crippen MR) is 71.9 cm³/mol. The molecule has 1 amide bonds. The van der Waals surface area contributed by atoms with Crippen molar-refractivity contribution in [3.63, 3.8) is 0 Å². The Bertz CT molecular complexity index is 442. The number of likely N-dealkylation sites (tertiary alicyclic amines) is 1. The van der Waals surface area contributed by atoms with Crippen LogP contribution in [0.5, 0.6) is 11.5 Å². The van der Waals surface area contributed by atoms with Crippen molar-refractivity contribution in [2.24, 2.45) is 0 Å². The van der Waals surface area contributed by atoms with Gasteiger partial charge in [0.15, 0.2) is 0 Å². The fourth-order valence-electron chi connectivity index (χ4n) is 2.26. The highest BCUT2D eigenvalue weighted by Crippen LogP contribution is 2.22. The van der Waals surface area contributed by atoms with E-state index in [1.54, 1.807) is 6.07 Å². The molecule has 104 valence electrons. The maximum absolute atomic E-state index is 11.9. The molecule has 1 aliphatic heterocycles. The highest BCUT2D eigenvalue weighted by atomic mass is 16.3. The number of piperidine rings is 1. The molecule has 0 aromatic heterocycles. The van der Waals surface area contributed by atoms with E-state index in [0.717, 1.165) is 25.9 Å². The number of nitrogens with one attached hydrogen (secondary N) is 1. The molecule has 0 spiro atoms. The molecule has 5 heteroatoms. The molecule has 2 rings (SSSR count). The minimum absolute atomic E-state index is 0.0330. The first-order chi connectivity index (χ1) is 9.16. The zero-order valence-corrected chi connectivity index (χ0v) is 10.9. The number of phenolic OH excluding ortho intramolecular Hbond substituents is 2. The predicted octanol–water partition coefficient (Wildman–Crippen LogP) is 1.20. The zero-order valence-electron chi connectivity index (χ0n) is 10.9. The average Bonchev–Trinajstić information content (AvgIpc) is 2.42. The van der Waals surface area contributed by atoms with Crippen molar-refractivity contribution >= 4 is 5.91 Å². The van der Waals surface area contributed by atoms with Gasteiger partial charge in [-0.25, -0.2) is 0 Å². The summed E-state index contributed by atoms with van der Waals surface area (Å²) in [5.74, 6) is 0.182. The van der Waals surface area contributed by atoms with Crippen LogP contribution in [0.2, 0.25) is 0 Å². The van der Waals surface area contributed by atoms with Crippen molar-refractivity contribution in [3.8, 4) is 11.5 Å². The van der Waals surface area contributed by atoms with Gasteiger partial charge in [0, 0.05) is 31.3 Å². The summed E-state index contributed by atoms with van der Waals surface area (Å²) in [5, 5.41) is 21.8. The van der Waals surface area contributed by atoms with Crippen LogP contribution in [-0.2, 0) is 11.3 Å². The van der Waals surface area contributed by atoms with Crippen LogP contribution in [0.15, 0.2) is 18.2 Å². The van der Waals surface area contributed by atoms with Crippen molar-refractivity contribution in [1.29, 1.82) is 0 Å². The van der Waals surface area contributed by atoms with E-state index in [1.807, 2.05) is 4.90 Å². The van der Waals surface area contributed by atoms with Crippen LogP contribution in [0.25, 0.3) is 0 Å². The Hall–Kier alpha value is -1.75. The van der Waals surface area contributed by atoms with Crippen molar-refractivity contribution in [2.75, 3.05) is 19.6 Å². The lowest BCUT2D eigenvalue weighted by Crippen LogP contribution is -2.40. The van der Waals surface area contributed by atoms with E-state index < -0.39 is 0 Å². The molecular weight excluding hydrogens is 244 g/mol. The number of phenols is 2. The minimum atomic E-state index is 0.0330. The lowest BCUT2D eigenvalue weighted by atomic mass is 10.1. The highest BCUT2D eigenvalue weighted by Gasteiger charge is 2.15. The first-order valence-corrected chi connectivity index (χ1v) is 6.66. The van der Waals surface area contributed by atoms with Gasteiger partial charge in [0.25, 0.3) is 0 Å². The van der Waals surface area contributed by atoms with E-state index >= 15 is 0 Å². The van der Waals surface area contributed by atoms with Gasteiger partial charge in [0.1, 0.15) is 11.5 Å². The van der Waals surface area contributed by atoms with Gasteiger partial charge < -0.3 is 20.4 Å². The molecule has 0 bridgehead atoms. The van der Waals surface area contributed by atoms with Gasteiger partial charge in [0.2, 0.25) is 5.91 Å². The molecule has 1 fully saturated rings. The Morgan fingerprint density at radius 1 is 1.21 bits per heavy atom. The summed E-state index contributed by atoms with van der Waals surface area (Å²) in [6.45, 7) is 2.39. The van der Waals surface area contributed by atoms with Gasteiger partial charge in [-0.3, -0.25) is 4.79 Å². The minimum Gasteiger partial charge on any atom is -0.508 e. The van der Waals surface area contributed by atoms with Gasteiger partial charge in [-0.05, 0) is 25.3 Å². The maximum Gasteiger partial charge on any atom is 0.236 e. The summed E-state index contributed by atoms with van der Waals surface area (Å²) >= 11 is 0. The number of carbonyl (C=O) groups is 1. The maximum atomic E-state index is 11.9. The van der Waals surface area contributed by atoms with Crippen molar-refractivity contribution in [1.82, 2.24) is 10.2 Å². The normalized spacial score (nSPS) is 15.5. The monoisotopic (exact) mass is 264 g/mol. The van der Waals surface area contributed by atoms with Crippen LogP contribution in [-0.4, -0.2) is 40.7 Å². The Morgan fingerprint density at radius 3 is 2.63 bits per heavy atom. The second-order valence-electron chi connectivity index (χ2n) is 4.86. The van der Waals surface area contributed by atoms with E-state index in [0.29, 0.717) is 12.1 Å². The van der Waals surface area contributed by atoms with Gasteiger partial charge in [-0.2, -0.15) is 0 Å². The molecule has 1 aromatic rings. The Balaban J connectivity index is 1.78. The lowest BCUT2D eigenvalue weighted by Gasteiger charge is -2.26. The Labute approximate surface area is 112 Å². The van der Waals surface area contributed by atoms with Gasteiger partial charge in [0.05, 0.1) is 6.54 Å². The van der Waals surface area contributed by atoms with Crippen LogP contribution >= 0.6 is 0 Å². The molecule has 0 atom stereocenters. The molecule has 1 saturated heterocycles. The van der Waals surface area contributed by atoms with E-state index in [2.05, 4.69) is 5.32 Å². The molecule has 5 nitrogen and oxygen atoms in total. The van der Waals surface area contributed by atoms with E-state index in [9.17, 15) is 15.0 Å². The number of rotatable bonds is 4. The third-order valence-electron chi connectivity index (χ3n) is 3.37. The smallest absolute Gasteiger partial charge is 0.236 e. The summed E-state index contributed by atoms with van der Waals surface area (Å²) < 4.78 is 0. The number of nitrogens with zero attached hydrogens (tertiary/aromatic N) is 1. The number of amides is 1. The van der Waals surface area contributed by atoms with E-state index in [-0.39, 0.29) is 24.0 Å². The van der Waals surface area contributed by atoms with Crippen molar-refractivity contribution in [3.05, 3.63) is 23.8 Å². The number of hydrogen-bond acceptors (Lipinski definition) is 4. The fourth-order valence-corrected chi connectivity index (χ4v) is 2.26. The third-order valence-corrected chi connectivity index (χ3v) is 3.37. The molecule has 19 heavy (non-hydrogen) atoms.